The van der Waals surface area contributed by atoms with Crippen LogP contribution in [0.3, 0.4) is 0 Å². The SMILES string of the molecule is C[S+]([O-])c1cc(C(=O)NCC2CCN(CCNSC3CC3)CC2)cc(C(F)(F)F)c1. The average Bonchev–Trinajstić information content (AvgIpc) is 3.53. The molecule has 0 aromatic heterocycles. The highest BCUT2D eigenvalue weighted by Gasteiger charge is 2.33. The zero-order chi connectivity index (χ0) is 21.7. The lowest BCUT2D eigenvalue weighted by Gasteiger charge is -2.32. The Labute approximate surface area is 182 Å². The van der Waals surface area contributed by atoms with E-state index in [1.807, 2.05) is 11.9 Å². The number of piperidine rings is 1. The predicted octanol–water partition coefficient (Wildman–Crippen LogP) is 3.28. The lowest BCUT2D eigenvalue weighted by Crippen LogP contribution is -2.40. The van der Waals surface area contributed by atoms with Gasteiger partial charge in [-0.15, -0.1) is 0 Å². The van der Waals surface area contributed by atoms with Crippen LogP contribution in [0.5, 0.6) is 0 Å². The van der Waals surface area contributed by atoms with Crippen LogP contribution in [0.25, 0.3) is 0 Å². The maximum Gasteiger partial charge on any atom is 0.416 e. The number of nitrogens with one attached hydrogen (secondary N) is 2. The summed E-state index contributed by atoms with van der Waals surface area (Å²) in [5.74, 6) is -0.249. The van der Waals surface area contributed by atoms with Gasteiger partial charge in [0.15, 0.2) is 4.90 Å². The van der Waals surface area contributed by atoms with Crippen LogP contribution in [0, 0.1) is 5.92 Å². The summed E-state index contributed by atoms with van der Waals surface area (Å²) in [6, 6.07) is 2.93. The van der Waals surface area contributed by atoms with E-state index in [1.165, 1.54) is 25.2 Å². The van der Waals surface area contributed by atoms with Crippen molar-refractivity contribution in [3.63, 3.8) is 0 Å². The zero-order valence-electron chi connectivity index (χ0n) is 17.0. The zero-order valence-corrected chi connectivity index (χ0v) is 18.6. The van der Waals surface area contributed by atoms with Gasteiger partial charge in [0.05, 0.1) is 5.56 Å². The number of nitrogens with zero attached hydrogens (tertiary/aromatic N) is 1. The Hall–Kier alpha value is -0.940. The molecule has 5 nitrogen and oxygen atoms in total. The number of likely N-dealkylation sites (tertiary alicyclic amines) is 1. The van der Waals surface area contributed by atoms with E-state index in [4.69, 9.17) is 0 Å². The maximum absolute atomic E-state index is 13.1. The number of carbonyl (C=O) groups excluding carboxylic acids is 1. The molecule has 1 aliphatic carbocycles. The maximum atomic E-state index is 13.1. The summed E-state index contributed by atoms with van der Waals surface area (Å²) < 4.78 is 54.4. The van der Waals surface area contributed by atoms with E-state index >= 15 is 0 Å². The van der Waals surface area contributed by atoms with Crippen LogP contribution in [0.2, 0.25) is 0 Å². The Kier molecular flexibility index (Phi) is 8.37. The molecule has 10 heteroatoms. The van der Waals surface area contributed by atoms with Crippen LogP contribution < -0.4 is 10.0 Å². The lowest BCUT2D eigenvalue weighted by molar-refractivity contribution is -0.137. The van der Waals surface area contributed by atoms with Gasteiger partial charge >= 0.3 is 6.18 Å². The lowest BCUT2D eigenvalue weighted by atomic mass is 9.96. The van der Waals surface area contributed by atoms with Crippen LogP contribution in [0.4, 0.5) is 13.2 Å². The first-order valence-electron chi connectivity index (χ1n) is 10.2. The van der Waals surface area contributed by atoms with Crippen LogP contribution in [-0.4, -0.2) is 59.6 Å². The molecule has 0 bridgehead atoms. The van der Waals surface area contributed by atoms with Crippen molar-refractivity contribution in [2.75, 3.05) is 39.0 Å². The van der Waals surface area contributed by atoms with E-state index in [0.717, 1.165) is 56.4 Å². The first-order valence-corrected chi connectivity index (χ1v) is 12.6. The molecule has 30 heavy (non-hydrogen) atoms. The quantitative estimate of drug-likeness (QED) is 0.334. The Morgan fingerprint density at radius 3 is 2.53 bits per heavy atom. The monoisotopic (exact) mass is 463 g/mol. The fourth-order valence-electron chi connectivity index (χ4n) is 3.38. The van der Waals surface area contributed by atoms with Gasteiger partial charge in [0.2, 0.25) is 0 Å². The number of benzene rings is 1. The molecule has 0 spiro atoms. The van der Waals surface area contributed by atoms with Crippen molar-refractivity contribution in [2.24, 2.45) is 5.92 Å². The highest BCUT2D eigenvalue weighted by Crippen LogP contribution is 2.32. The predicted molar refractivity (Wildman–Crippen MR) is 114 cm³/mol. The highest BCUT2D eigenvalue weighted by molar-refractivity contribution is 7.98. The van der Waals surface area contributed by atoms with Crippen molar-refractivity contribution in [2.45, 2.75) is 42.0 Å². The summed E-state index contributed by atoms with van der Waals surface area (Å²) in [6.45, 7) is 4.31. The number of halogens is 3. The minimum absolute atomic E-state index is 0.00302. The molecule has 1 saturated heterocycles. The van der Waals surface area contributed by atoms with E-state index in [0.29, 0.717) is 12.5 Å². The van der Waals surface area contributed by atoms with Crippen LogP contribution >= 0.6 is 11.9 Å². The molecule has 1 unspecified atom stereocenters. The first-order chi connectivity index (χ1) is 14.2. The molecule has 2 N–H and O–H groups in total. The third-order valence-corrected chi connectivity index (χ3v) is 7.47. The Morgan fingerprint density at radius 2 is 1.93 bits per heavy atom. The van der Waals surface area contributed by atoms with Crippen LogP contribution in [0.15, 0.2) is 23.1 Å². The van der Waals surface area contributed by atoms with Crippen molar-refractivity contribution in [3.05, 3.63) is 29.3 Å². The van der Waals surface area contributed by atoms with Crippen molar-refractivity contribution in [1.29, 1.82) is 0 Å². The highest BCUT2D eigenvalue weighted by atomic mass is 32.2. The molecular formula is C20H28F3N3O2S2. The van der Waals surface area contributed by atoms with E-state index in [2.05, 4.69) is 14.9 Å². The summed E-state index contributed by atoms with van der Waals surface area (Å²) in [4.78, 5) is 14.8. The molecule has 1 amide bonds. The van der Waals surface area contributed by atoms with Crippen LogP contribution in [0.1, 0.15) is 41.6 Å². The molecule has 1 atom stereocenters. The van der Waals surface area contributed by atoms with Crippen molar-refractivity contribution in [3.8, 4) is 0 Å². The Morgan fingerprint density at radius 1 is 1.23 bits per heavy atom. The average molecular weight is 464 g/mol. The van der Waals surface area contributed by atoms with Crippen LogP contribution in [-0.2, 0) is 17.4 Å². The molecule has 2 fully saturated rings. The first kappa shape index (κ1) is 23.7. The molecule has 1 aliphatic heterocycles. The number of rotatable bonds is 9. The summed E-state index contributed by atoms with van der Waals surface area (Å²) in [7, 11) is 0. The summed E-state index contributed by atoms with van der Waals surface area (Å²) in [5, 5.41) is 3.56. The number of hydrogen-bond acceptors (Lipinski definition) is 5. The smallest absolute Gasteiger partial charge is 0.416 e. The van der Waals surface area contributed by atoms with Crippen molar-refractivity contribution < 1.29 is 22.5 Å². The Bertz CT molecular complexity index is 722. The summed E-state index contributed by atoms with van der Waals surface area (Å²) in [6.07, 6.45) is 1.22. The fourth-order valence-corrected chi connectivity index (χ4v) is 4.78. The summed E-state index contributed by atoms with van der Waals surface area (Å²) >= 11 is 0.224. The topological polar surface area (TPSA) is 67.4 Å². The van der Waals surface area contributed by atoms with E-state index in [1.54, 1.807) is 0 Å². The molecule has 0 radical (unpaired) electrons. The fraction of sp³-hybridized carbons (Fsp3) is 0.650. The second-order valence-electron chi connectivity index (χ2n) is 7.90. The molecule has 1 saturated carbocycles. The van der Waals surface area contributed by atoms with E-state index in [9.17, 15) is 22.5 Å². The standard InChI is InChI=1S/C20H28F3N3O2S2/c1-30(28)18-11-15(10-16(12-18)20(21,22)23)19(27)24-13-14-4-7-26(8-5-14)9-6-25-29-17-2-3-17/h10-12,14,17,25H,2-9,13H2,1H3,(H,24,27). The third kappa shape index (κ3) is 7.33. The Balaban J connectivity index is 1.44. The number of alkyl halides is 3. The largest absolute Gasteiger partial charge is 0.612 e. The molecule has 3 rings (SSSR count). The van der Waals surface area contributed by atoms with Gasteiger partial charge in [-0.25, -0.2) is 0 Å². The van der Waals surface area contributed by atoms with Gasteiger partial charge < -0.3 is 14.8 Å². The van der Waals surface area contributed by atoms with Gasteiger partial charge in [0.1, 0.15) is 6.26 Å². The number of amides is 1. The molecule has 1 heterocycles. The minimum atomic E-state index is -4.59. The van der Waals surface area contributed by atoms with Gasteiger partial charge in [0.25, 0.3) is 5.91 Å². The summed E-state index contributed by atoms with van der Waals surface area (Å²) in [5.41, 5.74) is -1.06. The van der Waals surface area contributed by atoms with Gasteiger partial charge in [-0.1, -0.05) is 11.9 Å². The second kappa shape index (κ2) is 10.6. The van der Waals surface area contributed by atoms with Gasteiger partial charge in [-0.3, -0.25) is 9.52 Å². The third-order valence-electron chi connectivity index (χ3n) is 5.39. The molecule has 168 valence electrons. The minimum Gasteiger partial charge on any atom is -0.612 e. The normalized spacial score (nSPS) is 19.6. The molecule has 1 aromatic carbocycles. The van der Waals surface area contributed by atoms with Gasteiger partial charge in [-0.2, -0.15) is 13.2 Å². The van der Waals surface area contributed by atoms with E-state index < -0.39 is 28.8 Å². The molecule has 2 aliphatic rings. The van der Waals surface area contributed by atoms with Gasteiger partial charge in [0, 0.05) is 42.6 Å². The molecule has 1 aromatic rings. The number of hydrogen-bond donors (Lipinski definition) is 2. The second-order valence-corrected chi connectivity index (χ2v) is 10.5. The molecular weight excluding hydrogens is 435 g/mol. The van der Waals surface area contributed by atoms with Crippen molar-refractivity contribution >= 4 is 29.0 Å². The van der Waals surface area contributed by atoms with Crippen molar-refractivity contribution in [1.82, 2.24) is 14.9 Å². The van der Waals surface area contributed by atoms with Gasteiger partial charge in [-0.05, 0) is 61.9 Å². The van der Waals surface area contributed by atoms with E-state index in [-0.39, 0.29) is 10.5 Å². The number of carbonyl (C=O) groups is 1.